The van der Waals surface area contributed by atoms with Gasteiger partial charge < -0.3 is 30.1 Å². The molecule has 2 aliphatic heterocycles. The maximum atomic E-state index is 13.1. The summed E-state index contributed by atoms with van der Waals surface area (Å²) in [6, 6.07) is 18.4. The summed E-state index contributed by atoms with van der Waals surface area (Å²) in [5, 5.41) is 14.8. The highest BCUT2D eigenvalue weighted by Gasteiger charge is 2.37. The zero-order valence-electron chi connectivity index (χ0n) is 38.9. The van der Waals surface area contributed by atoms with Crippen molar-refractivity contribution < 1.29 is 33.8 Å². The summed E-state index contributed by atoms with van der Waals surface area (Å²) < 4.78 is 10.3. The average Bonchev–Trinajstić information content (AvgIpc) is 3.74. The second-order valence-corrected chi connectivity index (χ2v) is 19.8. The van der Waals surface area contributed by atoms with Gasteiger partial charge in [0.1, 0.15) is 11.2 Å². The van der Waals surface area contributed by atoms with Gasteiger partial charge in [0.05, 0.1) is 6.04 Å². The second-order valence-electron chi connectivity index (χ2n) is 19.8. The number of aliphatic carboxylic acids is 1. The molecule has 6 rings (SSSR count). The molecule has 61 heavy (non-hydrogen) atoms. The first-order valence-corrected chi connectivity index (χ1v) is 22.8. The Morgan fingerprint density at radius 1 is 0.738 bits per heavy atom. The number of carbonyl (C=O) groups is 4. The maximum Gasteiger partial charge on any atom is 0.407 e. The summed E-state index contributed by atoms with van der Waals surface area (Å²) in [4.78, 5) is 48.2. The minimum atomic E-state index is -0.825. The van der Waals surface area contributed by atoms with E-state index in [1.165, 1.54) is 52.7 Å². The van der Waals surface area contributed by atoms with Crippen molar-refractivity contribution in [1.82, 2.24) is 15.5 Å². The Bertz CT molecular complexity index is 1880. The van der Waals surface area contributed by atoms with Gasteiger partial charge in [-0.15, -0.1) is 0 Å². The SMILES string of the molecule is CC(C)(C)OC(=O)CCCCC(=O)O.CC(C)CC1C2=C(CCN1C(=O)CCCNC(=O)OC(C)(C)C)c1ccccc1C2.CC(C)CC1NCCC2=C1Cc1ccccc12. The molecular weight excluding hydrogens is 767 g/mol. The molecule has 0 aromatic heterocycles. The van der Waals surface area contributed by atoms with Crippen molar-refractivity contribution in [3.8, 4) is 0 Å². The molecule has 4 aliphatic rings. The number of nitrogens with one attached hydrogen (secondary N) is 2. The fourth-order valence-electron chi connectivity index (χ4n) is 8.76. The molecule has 10 nitrogen and oxygen atoms in total. The van der Waals surface area contributed by atoms with Gasteiger partial charge in [0, 0.05) is 38.4 Å². The molecule has 2 heterocycles. The first-order valence-electron chi connectivity index (χ1n) is 22.8. The number of amides is 2. The molecule has 0 fully saturated rings. The average molecular weight is 842 g/mol. The van der Waals surface area contributed by atoms with E-state index in [0.29, 0.717) is 50.6 Å². The topological polar surface area (TPSA) is 134 Å². The van der Waals surface area contributed by atoms with Crippen molar-refractivity contribution in [2.24, 2.45) is 11.8 Å². The first-order chi connectivity index (χ1) is 28.7. The lowest BCUT2D eigenvalue weighted by Gasteiger charge is -2.38. The van der Waals surface area contributed by atoms with Crippen molar-refractivity contribution in [1.29, 1.82) is 0 Å². The third-order valence-corrected chi connectivity index (χ3v) is 11.2. The number of carbonyl (C=O) groups excluding carboxylic acids is 3. The standard InChI is InChI=1S/C25H36N2O3.C16H21N.C10H18O4/c1-17(2)15-22-21-16-18-9-6-7-10-19(18)20(21)12-14-27(22)23(28)11-8-13-26-24(29)30-25(3,4)5;1-11(2)9-16-15-10-12-5-3-4-6-13(12)14(15)7-8-17-16;1-10(2,3)14-9(13)7-5-4-6-8(11)12/h6-7,9-10,17,22H,8,11-16H2,1-5H3,(H,26,29);3-6,11,16-17H,7-10H2,1-2H3;4-7H2,1-3H3,(H,11,12). The first kappa shape index (κ1) is 49.2. The van der Waals surface area contributed by atoms with Crippen LogP contribution in [0.4, 0.5) is 4.79 Å². The monoisotopic (exact) mass is 842 g/mol. The second kappa shape index (κ2) is 22.6. The lowest BCUT2D eigenvalue weighted by molar-refractivity contribution is -0.155. The quantitative estimate of drug-likeness (QED) is 0.134. The Morgan fingerprint density at radius 2 is 1.30 bits per heavy atom. The van der Waals surface area contributed by atoms with Gasteiger partial charge in [-0.25, -0.2) is 4.79 Å². The molecule has 2 aromatic carbocycles. The highest BCUT2D eigenvalue weighted by atomic mass is 16.6. The van der Waals surface area contributed by atoms with E-state index in [-0.39, 0.29) is 24.3 Å². The minimum Gasteiger partial charge on any atom is -0.481 e. The van der Waals surface area contributed by atoms with Crippen LogP contribution in [0.2, 0.25) is 0 Å². The van der Waals surface area contributed by atoms with E-state index < -0.39 is 23.3 Å². The number of esters is 1. The number of alkyl carbamates (subject to hydrolysis) is 1. The number of rotatable bonds is 13. The summed E-state index contributed by atoms with van der Waals surface area (Å²) in [5.74, 6) is 0.393. The summed E-state index contributed by atoms with van der Waals surface area (Å²) in [7, 11) is 0. The molecule has 2 amide bonds. The lowest BCUT2D eigenvalue weighted by atomic mass is 9.87. The van der Waals surface area contributed by atoms with Crippen LogP contribution >= 0.6 is 0 Å². The Hall–Kier alpha value is -4.44. The summed E-state index contributed by atoms with van der Waals surface area (Å²) in [6.45, 7) is 22.4. The zero-order valence-corrected chi connectivity index (χ0v) is 38.9. The maximum absolute atomic E-state index is 13.1. The van der Waals surface area contributed by atoms with Crippen molar-refractivity contribution >= 4 is 35.1 Å². The van der Waals surface area contributed by atoms with Gasteiger partial charge >= 0.3 is 18.0 Å². The van der Waals surface area contributed by atoms with Crippen molar-refractivity contribution in [3.63, 3.8) is 0 Å². The molecule has 0 saturated heterocycles. The van der Waals surface area contributed by atoms with Gasteiger partial charge in [0.2, 0.25) is 5.91 Å². The molecule has 0 saturated carbocycles. The number of carboxylic acids is 1. The largest absolute Gasteiger partial charge is 0.481 e. The third-order valence-electron chi connectivity index (χ3n) is 11.2. The zero-order chi connectivity index (χ0) is 44.9. The highest BCUT2D eigenvalue weighted by Crippen LogP contribution is 2.43. The molecule has 0 radical (unpaired) electrons. The molecule has 2 unspecified atom stereocenters. The minimum absolute atomic E-state index is 0.114. The summed E-state index contributed by atoms with van der Waals surface area (Å²) in [6.07, 6.45) is 8.69. The molecule has 3 N–H and O–H groups in total. The van der Waals surface area contributed by atoms with Crippen molar-refractivity contribution in [3.05, 3.63) is 81.9 Å². The van der Waals surface area contributed by atoms with Crippen molar-refractivity contribution in [2.75, 3.05) is 19.6 Å². The van der Waals surface area contributed by atoms with Crippen LogP contribution in [0, 0.1) is 11.8 Å². The number of hydrogen-bond acceptors (Lipinski definition) is 7. The molecule has 2 aromatic rings. The Labute approximate surface area is 366 Å². The van der Waals surface area contributed by atoms with Crippen LogP contribution in [-0.2, 0) is 36.7 Å². The van der Waals surface area contributed by atoms with Crippen LogP contribution in [0.3, 0.4) is 0 Å². The number of nitrogens with zero attached hydrogens (tertiary/aromatic N) is 1. The number of hydrogen-bond donors (Lipinski definition) is 3. The summed E-state index contributed by atoms with van der Waals surface area (Å²) >= 11 is 0. The molecule has 0 spiro atoms. The van der Waals surface area contributed by atoms with E-state index in [0.717, 1.165) is 38.3 Å². The van der Waals surface area contributed by atoms with E-state index in [2.05, 4.69) is 91.8 Å². The van der Waals surface area contributed by atoms with E-state index in [1.807, 2.05) is 41.5 Å². The molecule has 0 bridgehead atoms. The van der Waals surface area contributed by atoms with Gasteiger partial charge in [-0.3, -0.25) is 14.4 Å². The third kappa shape index (κ3) is 15.8. The van der Waals surface area contributed by atoms with E-state index in [9.17, 15) is 19.2 Å². The van der Waals surface area contributed by atoms with Crippen LogP contribution in [0.1, 0.15) is 156 Å². The molecule has 336 valence electrons. The predicted octanol–water partition coefficient (Wildman–Crippen LogP) is 10.3. The number of benzene rings is 2. The fraction of sp³-hybridized carbons (Fsp3) is 0.608. The van der Waals surface area contributed by atoms with Crippen LogP contribution in [-0.4, -0.2) is 76.9 Å². The van der Waals surface area contributed by atoms with Gasteiger partial charge in [-0.2, -0.15) is 0 Å². The van der Waals surface area contributed by atoms with Crippen LogP contribution in [0.25, 0.3) is 11.1 Å². The van der Waals surface area contributed by atoms with Crippen LogP contribution in [0.15, 0.2) is 59.7 Å². The summed E-state index contributed by atoms with van der Waals surface area (Å²) in [5.41, 5.74) is 11.1. The van der Waals surface area contributed by atoms with Gasteiger partial charge in [-0.1, -0.05) is 76.2 Å². The van der Waals surface area contributed by atoms with E-state index in [1.54, 1.807) is 11.1 Å². The Balaban J connectivity index is 0.000000223. The van der Waals surface area contributed by atoms with Crippen LogP contribution < -0.4 is 10.6 Å². The molecule has 2 atom stereocenters. The van der Waals surface area contributed by atoms with Gasteiger partial charge in [0.15, 0.2) is 0 Å². The van der Waals surface area contributed by atoms with E-state index in [4.69, 9.17) is 14.6 Å². The number of ether oxygens (including phenoxy) is 2. The molecule has 10 heteroatoms. The molecule has 2 aliphatic carbocycles. The van der Waals surface area contributed by atoms with Crippen molar-refractivity contribution in [2.45, 2.75) is 170 Å². The predicted molar refractivity (Wildman–Crippen MR) is 245 cm³/mol. The van der Waals surface area contributed by atoms with Gasteiger partial charge in [0.25, 0.3) is 0 Å². The highest BCUT2D eigenvalue weighted by molar-refractivity contribution is 5.83. The van der Waals surface area contributed by atoms with E-state index >= 15 is 0 Å². The van der Waals surface area contributed by atoms with Gasteiger partial charge in [-0.05, 0) is 162 Å². The Kier molecular flexibility index (Phi) is 18.2. The Morgan fingerprint density at radius 3 is 1.87 bits per heavy atom. The number of unbranched alkanes of at least 4 members (excludes halogenated alkanes) is 1. The smallest absolute Gasteiger partial charge is 0.407 e. The number of carboxylic acid groups (broad SMARTS) is 1. The lowest BCUT2D eigenvalue weighted by Crippen LogP contribution is -2.45. The fourth-order valence-corrected chi connectivity index (χ4v) is 8.76. The normalized spacial score (nSPS) is 17.9. The van der Waals surface area contributed by atoms with Crippen LogP contribution in [0.5, 0.6) is 0 Å². The molecular formula is C51H75N3O7. The number of fused-ring (bicyclic) bond motifs is 4.